The van der Waals surface area contributed by atoms with Gasteiger partial charge in [-0.3, -0.25) is 4.99 Å². The van der Waals surface area contributed by atoms with Crippen LogP contribution in [-0.4, -0.2) is 43.6 Å². The molecule has 2 rings (SSSR count). The van der Waals surface area contributed by atoms with Gasteiger partial charge in [-0.1, -0.05) is 6.92 Å². The Kier molecular flexibility index (Phi) is 7.74. The minimum absolute atomic E-state index is 0.0460. The molecule has 6 nitrogen and oxygen atoms in total. The second-order valence-electron chi connectivity index (χ2n) is 6.71. The van der Waals surface area contributed by atoms with E-state index in [0.717, 1.165) is 12.0 Å². The van der Waals surface area contributed by atoms with Gasteiger partial charge in [-0.25, -0.2) is 13.6 Å². The molecular formula is C22H26F2N2O4. The number of aromatic carboxylic acids is 1. The summed E-state index contributed by atoms with van der Waals surface area (Å²) in [6.07, 6.45) is 0.716. The topological polar surface area (TPSA) is 80.2 Å². The zero-order valence-electron chi connectivity index (χ0n) is 17.6. The first-order chi connectivity index (χ1) is 14.2. The Hall–Kier alpha value is -3.16. The van der Waals surface area contributed by atoms with Crippen LogP contribution in [0.15, 0.2) is 52.6 Å². The molecule has 8 heteroatoms. The van der Waals surface area contributed by atoms with Crippen LogP contribution >= 0.6 is 0 Å². The smallest absolute Gasteiger partial charge is 0.336 e. The second kappa shape index (κ2) is 10.0. The van der Waals surface area contributed by atoms with Gasteiger partial charge in [0.1, 0.15) is 17.6 Å². The van der Waals surface area contributed by atoms with Crippen LogP contribution in [0, 0.1) is 0 Å². The van der Waals surface area contributed by atoms with E-state index in [-0.39, 0.29) is 22.5 Å². The molecule has 1 atom stereocenters. The number of hydrogen-bond acceptors (Lipinski definition) is 5. The second-order valence-corrected chi connectivity index (χ2v) is 6.71. The first-order valence-corrected chi connectivity index (χ1v) is 9.43. The van der Waals surface area contributed by atoms with Crippen molar-refractivity contribution in [2.24, 2.45) is 4.99 Å². The molecule has 0 bridgehead atoms. The summed E-state index contributed by atoms with van der Waals surface area (Å²) in [6, 6.07) is 3.28. The monoisotopic (exact) mass is 420 g/mol. The summed E-state index contributed by atoms with van der Waals surface area (Å²) in [6.45, 7) is 5.78. The molecule has 1 aromatic rings. The van der Waals surface area contributed by atoms with Crippen LogP contribution in [0.3, 0.4) is 0 Å². The molecule has 162 valence electrons. The Bertz CT molecular complexity index is 933. The summed E-state index contributed by atoms with van der Waals surface area (Å²) in [4.78, 5) is 16.0. The minimum atomic E-state index is -2.67. The van der Waals surface area contributed by atoms with Crippen molar-refractivity contribution in [3.05, 3.63) is 64.3 Å². The van der Waals surface area contributed by atoms with E-state index in [1.165, 1.54) is 25.5 Å². The van der Waals surface area contributed by atoms with Gasteiger partial charge >= 0.3 is 5.97 Å². The average molecular weight is 420 g/mol. The first-order valence-electron chi connectivity index (χ1n) is 9.43. The Labute approximate surface area is 174 Å². The summed E-state index contributed by atoms with van der Waals surface area (Å²) in [5.41, 5.74) is 2.01. The summed E-state index contributed by atoms with van der Waals surface area (Å²) >= 11 is 0. The Balaban J connectivity index is 2.61. The van der Waals surface area contributed by atoms with E-state index in [0.29, 0.717) is 17.2 Å². The quantitative estimate of drug-likeness (QED) is 0.383. The van der Waals surface area contributed by atoms with Crippen molar-refractivity contribution < 1.29 is 28.2 Å². The standard InChI is InChI=1S/C22H26F2N2O4/c1-6-12(2)13(3)30-21(25-4)14-7-8-15(22(27)28)16(9-14)17-10-18(20(23)24)26-11-19(17)29-5/h7-11,18,20,26H,6H2,1-5H3,(H,27,28). The maximum Gasteiger partial charge on any atom is 0.336 e. The summed E-state index contributed by atoms with van der Waals surface area (Å²) in [5.74, 6) is 0.0499. The lowest BCUT2D eigenvalue weighted by molar-refractivity contribution is 0.0696. The van der Waals surface area contributed by atoms with Gasteiger partial charge in [0, 0.05) is 29.9 Å². The lowest BCUT2D eigenvalue weighted by Gasteiger charge is -2.24. The lowest BCUT2D eigenvalue weighted by Crippen LogP contribution is -2.33. The number of dihydropyridines is 1. The van der Waals surface area contributed by atoms with Crippen molar-refractivity contribution in [3.63, 3.8) is 0 Å². The van der Waals surface area contributed by atoms with E-state index in [1.807, 2.05) is 20.8 Å². The molecule has 0 radical (unpaired) electrons. The average Bonchev–Trinajstić information content (AvgIpc) is 2.75. The first kappa shape index (κ1) is 23.1. The van der Waals surface area contributed by atoms with E-state index < -0.39 is 18.4 Å². The third-order valence-corrected chi connectivity index (χ3v) is 4.88. The number of alkyl halides is 2. The van der Waals surface area contributed by atoms with Crippen LogP contribution in [-0.2, 0) is 9.47 Å². The maximum absolute atomic E-state index is 13.3. The highest BCUT2D eigenvalue weighted by Crippen LogP contribution is 2.31. The highest BCUT2D eigenvalue weighted by molar-refractivity contribution is 6.01. The molecule has 2 N–H and O–H groups in total. The maximum atomic E-state index is 13.3. The predicted octanol–water partition coefficient (Wildman–Crippen LogP) is 4.59. The Morgan fingerprint density at radius 3 is 2.57 bits per heavy atom. The van der Waals surface area contributed by atoms with Gasteiger partial charge < -0.3 is 19.9 Å². The van der Waals surface area contributed by atoms with Gasteiger partial charge in [-0.15, -0.1) is 0 Å². The predicted molar refractivity (Wildman–Crippen MR) is 112 cm³/mol. The van der Waals surface area contributed by atoms with Crippen LogP contribution in [0.5, 0.6) is 0 Å². The number of carboxylic acids is 1. The van der Waals surface area contributed by atoms with E-state index >= 15 is 0 Å². The molecule has 0 amide bonds. The molecule has 1 aliphatic rings. The fourth-order valence-corrected chi connectivity index (χ4v) is 2.90. The fourth-order valence-electron chi connectivity index (χ4n) is 2.90. The molecule has 0 fully saturated rings. The Morgan fingerprint density at radius 1 is 1.33 bits per heavy atom. The number of carboxylic acid groups (broad SMARTS) is 1. The minimum Gasteiger partial charge on any atom is -0.495 e. The molecule has 0 saturated heterocycles. The number of benzene rings is 1. The Morgan fingerprint density at radius 2 is 2.03 bits per heavy atom. The number of nitrogens with one attached hydrogen (secondary N) is 1. The molecule has 0 aromatic heterocycles. The van der Waals surface area contributed by atoms with Gasteiger partial charge in [0.05, 0.1) is 12.7 Å². The number of allylic oxidation sites excluding steroid dienone is 3. The molecule has 1 aliphatic heterocycles. The van der Waals surface area contributed by atoms with Crippen molar-refractivity contribution in [2.45, 2.75) is 39.7 Å². The molecule has 1 aromatic carbocycles. The molecule has 0 aliphatic carbocycles. The zero-order chi connectivity index (χ0) is 22.4. The van der Waals surface area contributed by atoms with Crippen LogP contribution in [0.25, 0.3) is 5.57 Å². The molecule has 0 saturated carbocycles. The zero-order valence-corrected chi connectivity index (χ0v) is 17.6. The van der Waals surface area contributed by atoms with Crippen molar-refractivity contribution in [2.75, 3.05) is 14.2 Å². The summed E-state index contributed by atoms with van der Waals surface area (Å²) in [5, 5.41) is 12.2. The highest BCUT2D eigenvalue weighted by Gasteiger charge is 2.27. The van der Waals surface area contributed by atoms with E-state index in [2.05, 4.69) is 10.3 Å². The van der Waals surface area contributed by atoms with Crippen molar-refractivity contribution >= 4 is 17.4 Å². The molecule has 1 unspecified atom stereocenters. The number of carbonyl (C=O) groups is 1. The summed E-state index contributed by atoms with van der Waals surface area (Å²) < 4.78 is 37.7. The number of aliphatic imine (C=N–C) groups is 1. The van der Waals surface area contributed by atoms with Crippen LogP contribution in [0.2, 0.25) is 0 Å². The third kappa shape index (κ3) is 5.06. The van der Waals surface area contributed by atoms with E-state index in [9.17, 15) is 18.7 Å². The lowest BCUT2D eigenvalue weighted by atomic mass is 9.93. The van der Waals surface area contributed by atoms with Gasteiger partial charge in [0.15, 0.2) is 0 Å². The van der Waals surface area contributed by atoms with Crippen molar-refractivity contribution in [1.82, 2.24) is 5.32 Å². The van der Waals surface area contributed by atoms with Crippen LogP contribution in [0.1, 0.15) is 48.7 Å². The molecule has 0 spiro atoms. The van der Waals surface area contributed by atoms with E-state index in [1.54, 1.807) is 19.2 Å². The summed E-state index contributed by atoms with van der Waals surface area (Å²) in [7, 11) is 2.95. The SMILES string of the molecule is CCC(C)=C(C)OC(=NC)c1ccc(C(=O)O)c(C2=CC(C(F)F)NC=C2OC)c1. The fraction of sp³-hybridized carbons (Fsp3) is 0.364. The highest BCUT2D eigenvalue weighted by atomic mass is 19.3. The number of hydrogen-bond donors (Lipinski definition) is 2. The number of rotatable bonds is 7. The van der Waals surface area contributed by atoms with Crippen LogP contribution < -0.4 is 5.32 Å². The van der Waals surface area contributed by atoms with Gasteiger partial charge in [0.2, 0.25) is 5.90 Å². The number of halogens is 2. The van der Waals surface area contributed by atoms with Crippen LogP contribution in [0.4, 0.5) is 8.78 Å². The molecule has 1 heterocycles. The number of ether oxygens (including phenoxy) is 2. The van der Waals surface area contributed by atoms with Crippen molar-refractivity contribution in [1.29, 1.82) is 0 Å². The van der Waals surface area contributed by atoms with Gasteiger partial charge in [-0.2, -0.15) is 0 Å². The van der Waals surface area contributed by atoms with E-state index in [4.69, 9.17) is 9.47 Å². The normalized spacial score (nSPS) is 17.6. The largest absolute Gasteiger partial charge is 0.495 e. The number of methoxy groups -OCH3 is 1. The van der Waals surface area contributed by atoms with Gasteiger partial charge in [-0.05, 0) is 50.1 Å². The molecular weight excluding hydrogens is 394 g/mol. The van der Waals surface area contributed by atoms with Gasteiger partial charge in [0.25, 0.3) is 6.43 Å². The number of nitrogens with zero attached hydrogens (tertiary/aromatic N) is 1. The third-order valence-electron chi connectivity index (χ3n) is 4.88. The molecule has 30 heavy (non-hydrogen) atoms. The van der Waals surface area contributed by atoms with Crippen molar-refractivity contribution in [3.8, 4) is 0 Å².